The highest BCUT2D eigenvalue weighted by Crippen LogP contribution is 2.35. The van der Waals surface area contributed by atoms with Gasteiger partial charge in [0.2, 0.25) is 0 Å². The van der Waals surface area contributed by atoms with Crippen molar-refractivity contribution in [2.75, 3.05) is 5.73 Å². The number of ether oxygens (including phenoxy) is 1. The molecular weight excluding hydrogens is 361 g/mol. The number of halogens is 1. The lowest BCUT2D eigenvalue weighted by atomic mass is 10.2. The molecule has 2 aromatic heterocycles. The molecule has 0 saturated carbocycles. The maximum atomic E-state index is 13.0. The van der Waals surface area contributed by atoms with Gasteiger partial charge in [-0.3, -0.25) is 4.98 Å². The van der Waals surface area contributed by atoms with Gasteiger partial charge in [0, 0.05) is 28.3 Å². The number of rotatable bonds is 5. The van der Waals surface area contributed by atoms with Crippen LogP contribution in [0.1, 0.15) is 18.2 Å². The second kappa shape index (κ2) is 8.39. The molecule has 0 radical (unpaired) electrons. The molecule has 0 aliphatic carbocycles. The summed E-state index contributed by atoms with van der Waals surface area (Å²) in [7, 11) is 0. The van der Waals surface area contributed by atoms with Crippen LogP contribution in [0.15, 0.2) is 64.7 Å². The van der Waals surface area contributed by atoms with Crippen LogP contribution in [0.5, 0.6) is 11.5 Å². The van der Waals surface area contributed by atoms with Gasteiger partial charge >= 0.3 is 0 Å². The molecule has 0 spiro atoms. The Labute approximate surface area is 161 Å². The Hall–Kier alpha value is -3.30. The number of terminal acetylenes is 1. The Morgan fingerprint density at radius 1 is 1.22 bits per heavy atom. The summed E-state index contributed by atoms with van der Waals surface area (Å²) < 4.78 is 18.8. The fourth-order valence-electron chi connectivity index (χ4n) is 2.31. The molecule has 2 N–H and O–H groups in total. The first-order chi connectivity index (χ1) is 13.1. The minimum Gasteiger partial charge on any atom is -0.453 e. The van der Waals surface area contributed by atoms with E-state index in [1.54, 1.807) is 18.5 Å². The van der Waals surface area contributed by atoms with Crippen molar-refractivity contribution in [1.29, 1.82) is 0 Å². The van der Waals surface area contributed by atoms with E-state index >= 15 is 0 Å². The third-order valence-corrected chi connectivity index (χ3v) is 4.56. The predicted octanol–water partition coefficient (Wildman–Crippen LogP) is 5.16. The zero-order valence-corrected chi connectivity index (χ0v) is 15.3. The number of pyridine rings is 2. The fraction of sp³-hybridized carbons (Fsp3) is 0.0476. The summed E-state index contributed by atoms with van der Waals surface area (Å²) in [5.41, 5.74) is 7.35. The topological polar surface area (TPSA) is 61.0 Å². The summed E-state index contributed by atoms with van der Waals surface area (Å²) in [6, 6.07) is 9.30. The van der Waals surface area contributed by atoms with Crippen LogP contribution < -0.4 is 10.5 Å². The summed E-state index contributed by atoms with van der Waals surface area (Å²) in [6.07, 6.45) is 12.8. The molecule has 134 valence electrons. The summed E-state index contributed by atoms with van der Waals surface area (Å²) in [5, 5.41) is 0. The van der Waals surface area contributed by atoms with Gasteiger partial charge in [0.25, 0.3) is 0 Å². The number of nitrogens with zero attached hydrogens (tertiary/aromatic N) is 2. The largest absolute Gasteiger partial charge is 0.453 e. The van der Waals surface area contributed by atoms with Crippen LogP contribution in [0.4, 0.5) is 10.2 Å². The fourth-order valence-corrected chi connectivity index (χ4v) is 3.22. The van der Waals surface area contributed by atoms with Crippen molar-refractivity contribution in [3.63, 3.8) is 0 Å². The number of hydrogen-bond donors (Lipinski definition) is 1. The van der Waals surface area contributed by atoms with Gasteiger partial charge < -0.3 is 10.5 Å². The standard InChI is InChI=1S/C21H16FN3OS/c1-3-5-18-17(4-2)20(10-11-24-18)27-16-12-19(21(23)25-13-16)26-15-8-6-14(22)7-9-15/h2-3,5-13H,1H3,(H2,23,25)/b5-3-. The Kier molecular flexibility index (Phi) is 5.74. The first-order valence-corrected chi connectivity index (χ1v) is 8.87. The van der Waals surface area contributed by atoms with Crippen molar-refractivity contribution in [2.24, 2.45) is 0 Å². The van der Waals surface area contributed by atoms with Crippen molar-refractivity contribution < 1.29 is 9.13 Å². The minimum atomic E-state index is -0.339. The normalized spacial score (nSPS) is 10.7. The van der Waals surface area contributed by atoms with Gasteiger partial charge in [0.1, 0.15) is 11.6 Å². The third-order valence-electron chi connectivity index (χ3n) is 3.54. The Bertz CT molecular complexity index is 1030. The van der Waals surface area contributed by atoms with E-state index in [-0.39, 0.29) is 11.6 Å². The van der Waals surface area contributed by atoms with Crippen LogP contribution in [-0.4, -0.2) is 9.97 Å². The Morgan fingerprint density at radius 2 is 2.00 bits per heavy atom. The second-order valence-corrected chi connectivity index (χ2v) is 6.54. The van der Waals surface area contributed by atoms with Crippen molar-refractivity contribution in [1.82, 2.24) is 9.97 Å². The van der Waals surface area contributed by atoms with E-state index in [0.29, 0.717) is 17.1 Å². The molecular formula is C21H16FN3OS. The Morgan fingerprint density at radius 3 is 2.70 bits per heavy atom. The maximum Gasteiger partial charge on any atom is 0.170 e. The van der Waals surface area contributed by atoms with Gasteiger partial charge in [-0.25, -0.2) is 9.37 Å². The molecule has 3 aromatic rings. The highest BCUT2D eigenvalue weighted by molar-refractivity contribution is 7.99. The summed E-state index contributed by atoms with van der Waals surface area (Å²) in [5.74, 6) is 3.45. The van der Waals surface area contributed by atoms with E-state index in [1.165, 1.54) is 36.0 Å². The highest BCUT2D eigenvalue weighted by Gasteiger charge is 2.11. The second-order valence-electron chi connectivity index (χ2n) is 5.43. The molecule has 4 nitrogen and oxygen atoms in total. The van der Waals surface area contributed by atoms with Crippen molar-refractivity contribution in [3.05, 3.63) is 71.9 Å². The number of nitrogens with two attached hydrogens (primary N) is 1. The molecule has 0 aliphatic rings. The van der Waals surface area contributed by atoms with E-state index in [0.717, 1.165) is 15.5 Å². The monoisotopic (exact) mass is 377 g/mol. The third kappa shape index (κ3) is 4.46. The van der Waals surface area contributed by atoms with Gasteiger partial charge in [0.15, 0.2) is 11.6 Å². The van der Waals surface area contributed by atoms with Crippen molar-refractivity contribution in [3.8, 4) is 23.8 Å². The zero-order valence-electron chi connectivity index (χ0n) is 14.5. The number of benzene rings is 1. The smallest absolute Gasteiger partial charge is 0.170 e. The minimum absolute atomic E-state index is 0.241. The lowest BCUT2D eigenvalue weighted by molar-refractivity contribution is 0.479. The molecule has 0 bridgehead atoms. The lowest BCUT2D eigenvalue weighted by Gasteiger charge is -2.11. The molecule has 0 fully saturated rings. The molecule has 27 heavy (non-hydrogen) atoms. The van der Waals surface area contributed by atoms with Gasteiger partial charge in [0.05, 0.1) is 11.3 Å². The molecule has 6 heteroatoms. The summed E-state index contributed by atoms with van der Waals surface area (Å²) >= 11 is 1.44. The van der Waals surface area contributed by atoms with Gasteiger partial charge in [-0.2, -0.15) is 0 Å². The zero-order chi connectivity index (χ0) is 19.2. The molecule has 0 atom stereocenters. The van der Waals surface area contributed by atoms with Crippen molar-refractivity contribution in [2.45, 2.75) is 16.7 Å². The molecule has 0 saturated heterocycles. The quantitative estimate of drug-likeness (QED) is 0.623. The number of aromatic nitrogens is 2. The van der Waals surface area contributed by atoms with Gasteiger partial charge in [-0.15, -0.1) is 6.42 Å². The molecule has 0 amide bonds. The molecule has 3 rings (SSSR count). The van der Waals surface area contributed by atoms with E-state index in [9.17, 15) is 4.39 Å². The lowest BCUT2D eigenvalue weighted by Crippen LogP contribution is -1.96. The molecule has 0 unspecified atom stereocenters. The van der Waals surface area contributed by atoms with Crippen LogP contribution in [-0.2, 0) is 0 Å². The van der Waals surface area contributed by atoms with Gasteiger partial charge in [-0.05, 0) is 43.3 Å². The average molecular weight is 377 g/mol. The number of allylic oxidation sites excluding steroid dienone is 1. The van der Waals surface area contributed by atoms with Gasteiger partial charge in [-0.1, -0.05) is 23.8 Å². The van der Waals surface area contributed by atoms with Crippen LogP contribution >= 0.6 is 11.8 Å². The number of nitrogen functional groups attached to an aromatic ring is 1. The van der Waals surface area contributed by atoms with E-state index in [2.05, 4.69) is 15.9 Å². The number of anilines is 1. The molecule has 2 heterocycles. The van der Waals surface area contributed by atoms with Crippen molar-refractivity contribution >= 4 is 23.7 Å². The van der Waals surface area contributed by atoms with Crippen LogP contribution in [0.2, 0.25) is 0 Å². The molecule has 0 aliphatic heterocycles. The van der Waals surface area contributed by atoms with Crippen LogP contribution in [0.25, 0.3) is 6.08 Å². The maximum absolute atomic E-state index is 13.0. The summed E-state index contributed by atoms with van der Waals surface area (Å²) in [6.45, 7) is 1.91. The highest BCUT2D eigenvalue weighted by atomic mass is 32.2. The average Bonchev–Trinajstić information content (AvgIpc) is 2.67. The van der Waals surface area contributed by atoms with E-state index in [4.69, 9.17) is 16.9 Å². The first-order valence-electron chi connectivity index (χ1n) is 8.06. The molecule has 1 aromatic carbocycles. The summed E-state index contributed by atoms with van der Waals surface area (Å²) in [4.78, 5) is 10.2. The van der Waals surface area contributed by atoms with Crippen LogP contribution in [0.3, 0.4) is 0 Å². The Balaban J connectivity index is 1.90. The van der Waals surface area contributed by atoms with Crippen LogP contribution in [0, 0.1) is 18.2 Å². The number of hydrogen-bond acceptors (Lipinski definition) is 5. The first kappa shape index (κ1) is 18.5. The SMILES string of the molecule is C#Cc1c(Sc2cnc(N)c(Oc3ccc(F)cc3)c2)ccnc1/C=C\C. The predicted molar refractivity (Wildman–Crippen MR) is 106 cm³/mol. The van der Waals surface area contributed by atoms with E-state index < -0.39 is 0 Å². The van der Waals surface area contributed by atoms with E-state index in [1.807, 2.05) is 25.1 Å².